The zero-order chi connectivity index (χ0) is 74.7. The standard InChI is InChI=1S/3C25H28BCl2N5O2/c3*1-25(34,22-14-29-15-31(22)3)21-11-16-10-17(27)4-5-19(16)24(23-20(21)12-18(28)13-30-23)32-6-8-33(9-7-32)26(2)35/h3*4-5,10-15,24,34-35H,6-9H2,1-3H3/t3*24-,25?/m111/s1. The third kappa shape index (κ3) is 15.5. The number of nitrogens with zero attached hydrogens (tertiary/aromatic N) is 15. The molecule has 3 aliphatic carbocycles. The Morgan fingerprint density at radius 3 is 0.829 bits per heavy atom. The third-order valence-electron chi connectivity index (χ3n) is 21.5. The van der Waals surface area contributed by atoms with Crippen LogP contribution in [-0.2, 0) is 37.9 Å². The van der Waals surface area contributed by atoms with Crippen molar-refractivity contribution in [2.24, 2.45) is 21.1 Å². The Bertz CT molecular complexity index is 4320. The molecule has 15 rings (SSSR count). The van der Waals surface area contributed by atoms with E-state index in [2.05, 4.69) is 44.1 Å². The van der Waals surface area contributed by atoms with E-state index in [1.54, 1.807) is 97.4 Å². The van der Waals surface area contributed by atoms with Crippen molar-refractivity contribution in [3.63, 3.8) is 0 Å². The molecule has 21 nitrogen and oxygen atoms in total. The van der Waals surface area contributed by atoms with E-state index in [4.69, 9.17) is 84.6 Å². The number of fused-ring (bicyclic) bond motifs is 6. The van der Waals surface area contributed by atoms with E-state index in [1.807, 2.05) is 126 Å². The van der Waals surface area contributed by atoms with E-state index in [0.29, 0.717) is 63.9 Å². The fraction of sp³-hybridized carbons (Fsp3) is 0.360. The van der Waals surface area contributed by atoms with E-state index in [1.165, 1.54) is 0 Å². The molecule has 3 aromatic carbocycles. The Morgan fingerprint density at radius 2 is 0.610 bits per heavy atom. The molecular weight excluding hydrogens is 1450 g/mol. The Labute approximate surface area is 643 Å². The number of rotatable bonds is 12. The summed E-state index contributed by atoms with van der Waals surface area (Å²) in [5.74, 6) is 0. The quantitative estimate of drug-likeness (QED) is 0.0624. The second kappa shape index (κ2) is 31.2. The number of aromatic nitrogens is 9. The highest BCUT2D eigenvalue weighted by molar-refractivity contribution is 6.46. The predicted octanol–water partition coefficient (Wildman–Crippen LogP) is 11.1. The van der Waals surface area contributed by atoms with Gasteiger partial charge in [-0.05, 0) is 164 Å². The van der Waals surface area contributed by atoms with E-state index in [-0.39, 0.29) is 18.1 Å². The fourth-order valence-electron chi connectivity index (χ4n) is 15.9. The van der Waals surface area contributed by atoms with Crippen LogP contribution in [0.4, 0.5) is 0 Å². The number of hydrogen-bond acceptors (Lipinski definition) is 18. The van der Waals surface area contributed by atoms with Crippen LogP contribution in [0.2, 0.25) is 50.6 Å². The molecule has 6 N–H and O–H groups in total. The number of piperazine rings is 3. The zero-order valence-corrected chi connectivity index (χ0v) is 64.5. The van der Waals surface area contributed by atoms with Crippen LogP contribution < -0.4 is 0 Å². The predicted molar refractivity (Wildman–Crippen MR) is 421 cm³/mol. The Hall–Kier alpha value is -6.59. The molecule has 3 fully saturated rings. The summed E-state index contributed by atoms with van der Waals surface area (Å²) in [5.41, 5.74) is 10.7. The average Bonchev–Trinajstić information content (AvgIpc) is 1.61. The molecule has 0 saturated carbocycles. The van der Waals surface area contributed by atoms with Crippen molar-refractivity contribution in [3.05, 3.63) is 243 Å². The Kier molecular flexibility index (Phi) is 22.7. The monoisotopic (exact) mass is 1530 g/mol. The van der Waals surface area contributed by atoms with E-state index < -0.39 is 38.0 Å². The highest BCUT2D eigenvalue weighted by Crippen LogP contribution is 2.51. The number of hydrogen-bond donors (Lipinski definition) is 6. The van der Waals surface area contributed by atoms with Gasteiger partial charge in [0.1, 0.15) is 16.8 Å². The summed E-state index contributed by atoms with van der Waals surface area (Å²) in [7, 11) is 4.14. The van der Waals surface area contributed by atoms with Crippen molar-refractivity contribution in [2.75, 3.05) is 78.5 Å². The molecule has 6 aliphatic rings. The molecule has 6 aromatic heterocycles. The van der Waals surface area contributed by atoms with Crippen LogP contribution in [0.25, 0.3) is 34.9 Å². The van der Waals surface area contributed by atoms with Crippen LogP contribution in [0.1, 0.15) is 123 Å². The second-order valence-electron chi connectivity index (χ2n) is 28.5. The molecule has 105 heavy (non-hydrogen) atoms. The van der Waals surface area contributed by atoms with Crippen molar-refractivity contribution >= 4 is 126 Å². The van der Waals surface area contributed by atoms with Gasteiger partial charge in [-0.3, -0.25) is 29.7 Å². The second-order valence-corrected chi connectivity index (χ2v) is 31.1. The number of aryl methyl sites for hydroxylation is 3. The molecule has 9 aromatic rings. The maximum absolute atomic E-state index is 11.9. The molecule has 3 unspecified atom stereocenters. The zero-order valence-electron chi connectivity index (χ0n) is 60.0. The first-order valence-electron chi connectivity index (χ1n) is 35.1. The molecule has 3 saturated heterocycles. The SMILES string of the molecule is CB(O)N1CCN([C@@H]2c3ccc(Cl)cc3C=C(C(C)(O)c3cncn3C)c3cc(Cl)cnc32)CC1.CB(O)N1CCN([C@@H]2c3ccc(Cl)cc3C=C(C(C)(O)c3cncn3C)c3cc(Cl)cnc32)CC1.CB(O)N1CCN([C@@H]2c3ccc(Cl)cc3C=C(C(C)(O)c3cncn3C)c3cc(Cl)cnc32)CC1. The normalized spacial score (nSPS) is 20.4. The van der Waals surface area contributed by atoms with Gasteiger partial charge in [0.05, 0.1) is 105 Å². The highest BCUT2D eigenvalue weighted by Gasteiger charge is 2.44. The molecule has 3 aliphatic heterocycles. The maximum Gasteiger partial charge on any atom is 0.376 e. The van der Waals surface area contributed by atoms with E-state index >= 15 is 0 Å². The molecule has 30 heteroatoms. The number of imidazole rings is 3. The molecule has 0 radical (unpaired) electrons. The van der Waals surface area contributed by atoms with Gasteiger partial charge in [-0.2, -0.15) is 0 Å². The minimum absolute atomic E-state index is 0.165. The number of benzene rings is 3. The lowest BCUT2D eigenvalue weighted by molar-refractivity contribution is 0.114. The van der Waals surface area contributed by atoms with Crippen molar-refractivity contribution in [1.29, 1.82) is 0 Å². The fourth-order valence-corrected chi connectivity index (χ4v) is 16.9. The van der Waals surface area contributed by atoms with Gasteiger partial charge < -0.3 is 58.5 Å². The maximum atomic E-state index is 11.9. The van der Waals surface area contributed by atoms with E-state index in [0.717, 1.165) is 146 Å². The van der Waals surface area contributed by atoms with Crippen LogP contribution in [0.5, 0.6) is 0 Å². The van der Waals surface area contributed by atoms with Gasteiger partial charge in [-0.25, -0.2) is 15.0 Å². The van der Waals surface area contributed by atoms with Crippen LogP contribution in [0.15, 0.2) is 129 Å². The molecular formula is C75H84B3Cl6N15O6. The molecule has 9 heterocycles. The summed E-state index contributed by atoms with van der Waals surface area (Å²) in [6, 6.07) is 22.8. The Balaban J connectivity index is 0.000000140. The number of halogens is 6. The first-order chi connectivity index (χ1) is 50.0. The van der Waals surface area contributed by atoms with Crippen molar-refractivity contribution in [2.45, 2.75) is 76.2 Å². The lowest BCUT2D eigenvalue weighted by Crippen LogP contribution is -2.52. The van der Waals surface area contributed by atoms with Crippen LogP contribution in [-0.4, -0.2) is 203 Å². The summed E-state index contributed by atoms with van der Waals surface area (Å²) >= 11 is 38.8. The minimum atomic E-state index is -1.37. The summed E-state index contributed by atoms with van der Waals surface area (Å²) in [4.78, 5) is 40.5. The lowest BCUT2D eigenvalue weighted by atomic mass is 9.83. The van der Waals surface area contributed by atoms with Crippen LogP contribution in [0, 0.1) is 0 Å². The van der Waals surface area contributed by atoms with Gasteiger partial charge in [0.2, 0.25) is 0 Å². The number of pyridine rings is 3. The van der Waals surface area contributed by atoms with Crippen LogP contribution >= 0.6 is 69.6 Å². The molecule has 0 bridgehead atoms. The van der Waals surface area contributed by atoms with Gasteiger partial charge in [0.15, 0.2) is 0 Å². The lowest BCUT2D eigenvalue weighted by Gasteiger charge is -2.40. The summed E-state index contributed by atoms with van der Waals surface area (Å²) < 4.78 is 5.44. The van der Waals surface area contributed by atoms with E-state index in [9.17, 15) is 30.4 Å². The van der Waals surface area contributed by atoms with Gasteiger partial charge >= 0.3 is 21.2 Å². The third-order valence-corrected chi connectivity index (χ3v) is 22.8. The van der Waals surface area contributed by atoms with Gasteiger partial charge in [-0.1, -0.05) is 87.8 Å². The minimum Gasteiger partial charge on any atom is -0.437 e. The topological polar surface area (TPSA) is 233 Å². The van der Waals surface area contributed by atoms with Crippen molar-refractivity contribution < 1.29 is 30.4 Å². The molecule has 0 amide bonds. The summed E-state index contributed by atoms with van der Waals surface area (Å²) in [6.07, 6.45) is 21.0. The average molecular weight is 1540 g/mol. The highest BCUT2D eigenvalue weighted by atomic mass is 35.5. The van der Waals surface area contributed by atoms with Gasteiger partial charge in [-0.15, -0.1) is 0 Å². The smallest absolute Gasteiger partial charge is 0.376 e. The van der Waals surface area contributed by atoms with Gasteiger partial charge in [0, 0.05) is 150 Å². The van der Waals surface area contributed by atoms with Crippen molar-refractivity contribution in [1.82, 2.24) is 72.7 Å². The summed E-state index contributed by atoms with van der Waals surface area (Å²) in [5, 5.41) is 69.4. The molecule has 0 spiro atoms. The van der Waals surface area contributed by atoms with Gasteiger partial charge in [0.25, 0.3) is 0 Å². The molecule has 6 atom stereocenters. The van der Waals surface area contributed by atoms with Crippen molar-refractivity contribution in [3.8, 4) is 0 Å². The molecule has 546 valence electrons. The largest absolute Gasteiger partial charge is 0.437 e. The van der Waals surface area contributed by atoms with Crippen LogP contribution in [0.3, 0.4) is 0 Å². The summed E-state index contributed by atoms with van der Waals surface area (Å²) in [6.45, 7) is 19.7. The first kappa shape index (κ1) is 76.6. The Morgan fingerprint density at radius 1 is 0.362 bits per heavy atom. The number of aliphatic hydroxyl groups is 3. The first-order valence-corrected chi connectivity index (χ1v) is 37.3.